The van der Waals surface area contributed by atoms with E-state index < -0.39 is 0 Å². The minimum Gasteiger partial charge on any atom is -0.375 e. The lowest BCUT2D eigenvalue weighted by Gasteiger charge is -2.36. The van der Waals surface area contributed by atoms with Crippen molar-refractivity contribution in [2.45, 2.75) is 39.0 Å². The van der Waals surface area contributed by atoms with Gasteiger partial charge in [0.2, 0.25) is 0 Å². The van der Waals surface area contributed by atoms with E-state index in [1.54, 1.807) is 11.3 Å². The van der Waals surface area contributed by atoms with Crippen LogP contribution < -0.4 is 0 Å². The van der Waals surface area contributed by atoms with E-state index in [4.69, 9.17) is 0 Å². The van der Waals surface area contributed by atoms with Gasteiger partial charge in [-0.2, -0.15) is 0 Å². The third kappa shape index (κ3) is 1.29. The minimum atomic E-state index is 1.33. The Labute approximate surface area is 69.1 Å². The molecule has 0 spiro atoms. The first-order valence-corrected chi connectivity index (χ1v) is 4.81. The van der Waals surface area contributed by atoms with Crippen LogP contribution in [0.4, 0.5) is 0 Å². The molecule has 0 aliphatic carbocycles. The van der Waals surface area contributed by atoms with Crippen LogP contribution in [0.3, 0.4) is 0 Å². The van der Waals surface area contributed by atoms with Crippen molar-refractivity contribution in [3.05, 3.63) is 11.3 Å². The summed E-state index contributed by atoms with van der Waals surface area (Å²) in [4.78, 5) is 2.60. The summed E-state index contributed by atoms with van der Waals surface area (Å²) in [6, 6.07) is 0. The van der Waals surface area contributed by atoms with Gasteiger partial charge in [0.1, 0.15) is 0 Å². The SMILES string of the molecule is CC1=C2CCCCN2CCC1. The molecule has 1 saturated heterocycles. The Kier molecular flexibility index (Phi) is 1.89. The van der Waals surface area contributed by atoms with Crippen LogP contribution in [0.5, 0.6) is 0 Å². The fourth-order valence-corrected chi connectivity index (χ4v) is 2.30. The van der Waals surface area contributed by atoms with Crippen molar-refractivity contribution in [3.63, 3.8) is 0 Å². The fraction of sp³-hybridized carbons (Fsp3) is 0.800. The van der Waals surface area contributed by atoms with Gasteiger partial charge < -0.3 is 4.90 Å². The predicted octanol–water partition coefficient (Wildman–Crippen LogP) is 2.54. The summed E-state index contributed by atoms with van der Waals surface area (Å²) in [5.41, 5.74) is 3.35. The van der Waals surface area contributed by atoms with Gasteiger partial charge in [-0.3, -0.25) is 0 Å². The predicted molar refractivity (Wildman–Crippen MR) is 47.4 cm³/mol. The van der Waals surface area contributed by atoms with E-state index in [2.05, 4.69) is 11.8 Å². The van der Waals surface area contributed by atoms with Crippen LogP contribution in [0, 0.1) is 0 Å². The van der Waals surface area contributed by atoms with Crippen molar-refractivity contribution in [1.29, 1.82) is 0 Å². The van der Waals surface area contributed by atoms with E-state index >= 15 is 0 Å². The molecule has 0 bridgehead atoms. The third-order valence-corrected chi connectivity index (χ3v) is 2.95. The van der Waals surface area contributed by atoms with Crippen LogP contribution in [0.2, 0.25) is 0 Å². The van der Waals surface area contributed by atoms with Gasteiger partial charge in [-0.25, -0.2) is 0 Å². The van der Waals surface area contributed by atoms with E-state index in [-0.39, 0.29) is 0 Å². The smallest absolute Gasteiger partial charge is 0.0178 e. The standard InChI is InChI=1S/C10H17N/c1-9-5-4-8-11-7-3-2-6-10(9)11/h2-8H2,1H3. The van der Waals surface area contributed by atoms with Crippen molar-refractivity contribution < 1.29 is 0 Å². The zero-order valence-electron chi connectivity index (χ0n) is 7.40. The molecule has 2 heterocycles. The van der Waals surface area contributed by atoms with Crippen LogP contribution in [-0.2, 0) is 0 Å². The molecule has 0 aromatic rings. The molecular weight excluding hydrogens is 134 g/mol. The van der Waals surface area contributed by atoms with Gasteiger partial charge in [0, 0.05) is 18.8 Å². The summed E-state index contributed by atoms with van der Waals surface area (Å²) in [5, 5.41) is 0. The average molecular weight is 151 g/mol. The van der Waals surface area contributed by atoms with Gasteiger partial charge in [-0.05, 0) is 39.0 Å². The number of hydrogen-bond donors (Lipinski definition) is 0. The lowest BCUT2D eigenvalue weighted by molar-refractivity contribution is 0.266. The molecule has 1 fully saturated rings. The number of allylic oxidation sites excluding steroid dienone is 2. The Bertz CT molecular complexity index is 181. The van der Waals surface area contributed by atoms with Crippen LogP contribution in [-0.4, -0.2) is 18.0 Å². The van der Waals surface area contributed by atoms with Crippen molar-refractivity contribution in [1.82, 2.24) is 4.90 Å². The number of rotatable bonds is 0. The van der Waals surface area contributed by atoms with E-state index in [0.29, 0.717) is 0 Å². The van der Waals surface area contributed by atoms with Crippen LogP contribution >= 0.6 is 0 Å². The van der Waals surface area contributed by atoms with Gasteiger partial charge in [0.05, 0.1) is 0 Å². The summed E-state index contributed by atoms with van der Waals surface area (Å²) in [6.45, 7) is 4.96. The molecule has 1 nitrogen and oxygen atoms in total. The van der Waals surface area contributed by atoms with Crippen molar-refractivity contribution in [2.24, 2.45) is 0 Å². The Hall–Kier alpha value is -0.460. The largest absolute Gasteiger partial charge is 0.375 e. The molecule has 1 heteroatoms. The Morgan fingerprint density at radius 2 is 1.82 bits per heavy atom. The molecule has 0 aromatic carbocycles. The van der Waals surface area contributed by atoms with Crippen molar-refractivity contribution in [3.8, 4) is 0 Å². The summed E-state index contributed by atoms with van der Waals surface area (Å²) < 4.78 is 0. The van der Waals surface area contributed by atoms with E-state index in [1.165, 1.54) is 45.2 Å². The lowest BCUT2D eigenvalue weighted by atomic mass is 9.96. The highest BCUT2D eigenvalue weighted by Crippen LogP contribution is 2.29. The highest BCUT2D eigenvalue weighted by molar-refractivity contribution is 5.15. The Morgan fingerprint density at radius 1 is 1.00 bits per heavy atom. The average Bonchev–Trinajstić information content (AvgIpc) is 2.06. The first-order chi connectivity index (χ1) is 5.38. The summed E-state index contributed by atoms with van der Waals surface area (Å²) in [6.07, 6.45) is 6.92. The van der Waals surface area contributed by atoms with Crippen molar-refractivity contribution >= 4 is 0 Å². The Morgan fingerprint density at radius 3 is 2.64 bits per heavy atom. The van der Waals surface area contributed by atoms with Gasteiger partial charge in [0.15, 0.2) is 0 Å². The van der Waals surface area contributed by atoms with Gasteiger partial charge in [-0.1, -0.05) is 5.57 Å². The highest BCUT2D eigenvalue weighted by Gasteiger charge is 2.19. The van der Waals surface area contributed by atoms with Crippen LogP contribution in [0.25, 0.3) is 0 Å². The molecule has 0 atom stereocenters. The third-order valence-electron chi connectivity index (χ3n) is 2.95. The quantitative estimate of drug-likeness (QED) is 0.514. The number of hydrogen-bond acceptors (Lipinski definition) is 1. The molecule has 11 heavy (non-hydrogen) atoms. The molecule has 2 aliphatic rings. The molecule has 0 radical (unpaired) electrons. The Balaban J connectivity index is 2.19. The van der Waals surface area contributed by atoms with E-state index in [9.17, 15) is 0 Å². The second-order valence-electron chi connectivity index (χ2n) is 3.77. The molecule has 2 rings (SSSR count). The molecule has 0 aromatic heterocycles. The van der Waals surface area contributed by atoms with E-state index in [0.717, 1.165) is 0 Å². The van der Waals surface area contributed by atoms with E-state index in [1.807, 2.05) is 0 Å². The van der Waals surface area contributed by atoms with Gasteiger partial charge in [0.25, 0.3) is 0 Å². The van der Waals surface area contributed by atoms with Gasteiger partial charge >= 0.3 is 0 Å². The van der Waals surface area contributed by atoms with Crippen LogP contribution in [0.15, 0.2) is 11.3 Å². The molecule has 0 saturated carbocycles. The number of piperidine rings is 1. The lowest BCUT2D eigenvalue weighted by Crippen LogP contribution is -2.32. The zero-order valence-corrected chi connectivity index (χ0v) is 7.40. The van der Waals surface area contributed by atoms with Crippen LogP contribution in [0.1, 0.15) is 39.0 Å². The maximum atomic E-state index is 2.60. The normalized spacial score (nSPS) is 25.4. The van der Waals surface area contributed by atoms with Gasteiger partial charge in [-0.15, -0.1) is 0 Å². The summed E-state index contributed by atoms with van der Waals surface area (Å²) >= 11 is 0. The maximum Gasteiger partial charge on any atom is 0.0178 e. The first-order valence-electron chi connectivity index (χ1n) is 4.81. The molecule has 0 N–H and O–H groups in total. The minimum absolute atomic E-state index is 1.33. The second kappa shape index (κ2) is 2.88. The number of nitrogens with zero attached hydrogens (tertiary/aromatic N) is 1. The topological polar surface area (TPSA) is 3.24 Å². The second-order valence-corrected chi connectivity index (χ2v) is 3.77. The molecule has 62 valence electrons. The molecule has 0 unspecified atom stereocenters. The summed E-state index contributed by atoms with van der Waals surface area (Å²) in [7, 11) is 0. The molecule has 2 aliphatic heterocycles. The monoisotopic (exact) mass is 151 g/mol. The first kappa shape index (κ1) is 7.20. The maximum absolute atomic E-state index is 2.60. The molecular formula is C10H17N. The highest BCUT2D eigenvalue weighted by atomic mass is 15.1. The number of fused-ring (bicyclic) bond motifs is 1. The fourth-order valence-electron chi connectivity index (χ4n) is 2.30. The van der Waals surface area contributed by atoms with Crippen molar-refractivity contribution in [2.75, 3.05) is 13.1 Å². The zero-order chi connectivity index (χ0) is 7.68. The summed E-state index contributed by atoms with van der Waals surface area (Å²) in [5.74, 6) is 0. The molecule has 0 amide bonds.